The van der Waals surface area contributed by atoms with Gasteiger partial charge < -0.3 is 9.22 Å². The van der Waals surface area contributed by atoms with Crippen molar-refractivity contribution in [2.45, 2.75) is 31.5 Å². The molecule has 3 aliphatic rings. The van der Waals surface area contributed by atoms with Crippen LogP contribution in [-0.4, -0.2) is 28.6 Å². The number of ether oxygens (including phenoxy) is 1. The second-order valence-corrected chi connectivity index (χ2v) is 11.5. The zero-order chi connectivity index (χ0) is 26.4. The Hall–Kier alpha value is -3.95. The number of quaternary nitrogens is 1. The van der Waals surface area contributed by atoms with E-state index >= 15 is 0 Å². The second-order valence-electron chi connectivity index (χ2n) is 11.5. The third kappa shape index (κ3) is 3.95. The molecule has 0 amide bonds. The highest BCUT2D eigenvalue weighted by Gasteiger charge is 2.55. The van der Waals surface area contributed by atoms with Gasteiger partial charge >= 0.3 is 0 Å². The highest BCUT2D eigenvalue weighted by Crippen LogP contribution is 2.50. The Bertz CT molecular complexity index is 1650. The van der Waals surface area contributed by atoms with Crippen molar-refractivity contribution in [2.24, 2.45) is 11.8 Å². The van der Waals surface area contributed by atoms with Crippen molar-refractivity contribution >= 4 is 32.4 Å². The largest absolute Gasteiger partial charge is 0.488 e. The molecule has 3 aliphatic heterocycles. The summed E-state index contributed by atoms with van der Waals surface area (Å²) in [7, 11) is 0. The van der Waals surface area contributed by atoms with E-state index in [4.69, 9.17) is 4.74 Å². The number of piperidine rings is 3. The molecule has 3 heteroatoms. The maximum absolute atomic E-state index is 6.53. The van der Waals surface area contributed by atoms with Crippen LogP contribution in [0.2, 0.25) is 0 Å². The molecule has 0 radical (unpaired) electrons. The highest BCUT2D eigenvalue weighted by molar-refractivity contribution is 6.02. The molecule has 1 aromatic heterocycles. The van der Waals surface area contributed by atoms with Crippen LogP contribution in [0.25, 0.3) is 32.4 Å². The van der Waals surface area contributed by atoms with Crippen LogP contribution in [-0.2, 0) is 11.3 Å². The minimum absolute atomic E-state index is 0.0924. The summed E-state index contributed by atoms with van der Waals surface area (Å²) in [6, 6.07) is 31.0. The predicted octanol–water partition coefficient (Wildman–Crippen LogP) is 8.35. The Morgan fingerprint density at radius 3 is 2.31 bits per heavy atom. The lowest BCUT2D eigenvalue weighted by atomic mass is 9.70. The van der Waals surface area contributed by atoms with Crippen molar-refractivity contribution in [1.29, 1.82) is 0 Å². The fourth-order valence-electron chi connectivity index (χ4n) is 7.80. The summed E-state index contributed by atoms with van der Waals surface area (Å²) in [4.78, 5) is 4.66. The van der Waals surface area contributed by atoms with Gasteiger partial charge in [0.1, 0.15) is 12.6 Å². The first-order valence-electron chi connectivity index (χ1n) is 14.2. The van der Waals surface area contributed by atoms with E-state index in [2.05, 4.69) is 109 Å². The Morgan fingerprint density at radius 1 is 0.897 bits per heavy atom. The summed E-state index contributed by atoms with van der Waals surface area (Å²) < 4.78 is 7.53. The maximum Gasteiger partial charge on any atom is 0.175 e. The van der Waals surface area contributed by atoms with Gasteiger partial charge in [0.05, 0.1) is 24.9 Å². The number of fused-ring (bicyclic) bond motifs is 6. The Morgan fingerprint density at radius 2 is 1.59 bits per heavy atom. The summed E-state index contributed by atoms with van der Waals surface area (Å²) in [6.45, 7) is 11.5. The van der Waals surface area contributed by atoms with E-state index in [1.807, 2.05) is 6.20 Å². The normalized spacial score (nSPS) is 25.1. The molecule has 5 atom stereocenters. The summed E-state index contributed by atoms with van der Waals surface area (Å²) in [5, 5.41) is 6.52. The SMILES string of the molecule is C=CO[C@H](c1ccnc2ccccc12)[C@@H]1C[C@@H]2CC[N@@+]1(Cc1c3ccccc3cc3ccccc13)C[C@@H]2C=C. The number of hydrogen-bond acceptors (Lipinski definition) is 2. The van der Waals surface area contributed by atoms with Crippen molar-refractivity contribution in [3.8, 4) is 0 Å². The van der Waals surface area contributed by atoms with Gasteiger partial charge in [0.25, 0.3) is 0 Å². The standard InChI is InChI=1S/C36H35N2O/c1-3-25-23-38(24-33-29-13-7-5-11-27(29)21-28-12-6-8-14-30(28)33)20-18-26(25)22-35(38)36(39-4-2)32-17-19-37-34-16-10-9-15-31(32)34/h3-17,19,21,25-26,35-36H,1-2,18,20,22-24H2/q+1/t25-,26-,35-,36+,38-/m0/s1. The van der Waals surface area contributed by atoms with Crippen molar-refractivity contribution in [2.75, 3.05) is 13.1 Å². The maximum atomic E-state index is 6.53. The van der Waals surface area contributed by atoms with Crippen LogP contribution in [0, 0.1) is 11.8 Å². The van der Waals surface area contributed by atoms with Gasteiger partial charge in [-0.2, -0.15) is 0 Å². The average Bonchev–Trinajstić information content (AvgIpc) is 2.99. The van der Waals surface area contributed by atoms with Crippen LogP contribution >= 0.6 is 0 Å². The minimum atomic E-state index is -0.0924. The number of para-hydroxylation sites is 1. The van der Waals surface area contributed by atoms with E-state index in [0.29, 0.717) is 17.9 Å². The molecule has 194 valence electrons. The summed E-state index contributed by atoms with van der Waals surface area (Å²) in [5.74, 6) is 1.16. The van der Waals surface area contributed by atoms with Crippen LogP contribution in [0.4, 0.5) is 0 Å². The quantitative estimate of drug-likeness (QED) is 0.0948. The minimum Gasteiger partial charge on any atom is -0.488 e. The van der Waals surface area contributed by atoms with E-state index in [9.17, 15) is 0 Å². The first-order chi connectivity index (χ1) is 19.2. The number of nitrogens with zero attached hydrogens (tertiary/aromatic N) is 2. The molecule has 0 N–H and O–H groups in total. The first-order valence-corrected chi connectivity index (χ1v) is 14.2. The number of pyridine rings is 1. The van der Waals surface area contributed by atoms with Gasteiger partial charge in [-0.25, -0.2) is 0 Å². The molecule has 3 saturated heterocycles. The van der Waals surface area contributed by atoms with Crippen molar-refractivity contribution in [3.63, 3.8) is 0 Å². The van der Waals surface area contributed by atoms with Gasteiger partial charge in [0, 0.05) is 41.5 Å². The molecule has 3 nitrogen and oxygen atoms in total. The van der Waals surface area contributed by atoms with Crippen LogP contribution in [0.5, 0.6) is 0 Å². The van der Waals surface area contributed by atoms with Gasteiger partial charge in [-0.05, 0) is 45.7 Å². The molecule has 3 fully saturated rings. The molecular formula is C36H35N2O+. The number of hydrogen-bond donors (Lipinski definition) is 0. The molecule has 39 heavy (non-hydrogen) atoms. The van der Waals surface area contributed by atoms with E-state index in [-0.39, 0.29) is 6.10 Å². The van der Waals surface area contributed by atoms with Crippen LogP contribution in [0.3, 0.4) is 0 Å². The zero-order valence-corrected chi connectivity index (χ0v) is 22.4. The van der Waals surface area contributed by atoms with Gasteiger partial charge in [0.2, 0.25) is 0 Å². The van der Waals surface area contributed by atoms with E-state index < -0.39 is 0 Å². The number of rotatable bonds is 7. The monoisotopic (exact) mass is 511 g/mol. The van der Waals surface area contributed by atoms with Crippen molar-refractivity contribution in [3.05, 3.63) is 128 Å². The fourth-order valence-corrected chi connectivity index (χ4v) is 7.80. The number of benzene rings is 4. The fraction of sp³-hybridized carbons (Fsp3) is 0.250. The molecule has 0 spiro atoms. The van der Waals surface area contributed by atoms with E-state index in [1.165, 1.54) is 44.5 Å². The molecular weight excluding hydrogens is 476 g/mol. The summed E-state index contributed by atoms with van der Waals surface area (Å²) in [6.07, 6.45) is 8.06. The lowest BCUT2D eigenvalue weighted by Gasteiger charge is -2.58. The smallest absolute Gasteiger partial charge is 0.175 e. The molecule has 0 unspecified atom stereocenters. The molecule has 0 aliphatic carbocycles. The highest BCUT2D eigenvalue weighted by atomic mass is 16.5. The average molecular weight is 512 g/mol. The van der Waals surface area contributed by atoms with Gasteiger partial charge in [0.15, 0.2) is 6.10 Å². The topological polar surface area (TPSA) is 22.1 Å². The Balaban J connectivity index is 1.42. The van der Waals surface area contributed by atoms with E-state index in [1.54, 1.807) is 6.26 Å². The third-order valence-electron chi connectivity index (χ3n) is 9.61. The molecule has 8 rings (SSSR count). The lowest BCUT2D eigenvalue weighted by molar-refractivity contribution is -0.984. The molecule has 2 bridgehead atoms. The molecule has 5 aromatic rings. The van der Waals surface area contributed by atoms with Crippen LogP contribution < -0.4 is 0 Å². The summed E-state index contributed by atoms with van der Waals surface area (Å²) in [5.41, 5.74) is 3.68. The Labute approximate surface area is 230 Å². The van der Waals surface area contributed by atoms with E-state index in [0.717, 1.165) is 36.1 Å². The van der Waals surface area contributed by atoms with Gasteiger partial charge in [-0.15, -0.1) is 6.58 Å². The molecule has 4 aromatic carbocycles. The Kier molecular flexibility index (Phi) is 5.97. The first kappa shape index (κ1) is 24.1. The predicted molar refractivity (Wildman–Crippen MR) is 161 cm³/mol. The zero-order valence-electron chi connectivity index (χ0n) is 22.4. The van der Waals surface area contributed by atoms with Crippen LogP contribution in [0.1, 0.15) is 30.1 Å². The second kappa shape index (κ2) is 9.66. The van der Waals surface area contributed by atoms with Gasteiger partial charge in [-0.1, -0.05) is 79.4 Å². The van der Waals surface area contributed by atoms with Gasteiger partial charge in [-0.3, -0.25) is 4.98 Å². The third-order valence-corrected chi connectivity index (χ3v) is 9.61. The van der Waals surface area contributed by atoms with Crippen molar-refractivity contribution in [1.82, 2.24) is 4.98 Å². The number of aromatic nitrogens is 1. The lowest BCUT2D eigenvalue weighted by Crippen LogP contribution is -2.67. The molecule has 4 heterocycles. The molecule has 0 saturated carbocycles. The van der Waals surface area contributed by atoms with Crippen molar-refractivity contribution < 1.29 is 9.22 Å². The summed E-state index contributed by atoms with van der Waals surface area (Å²) >= 11 is 0. The van der Waals surface area contributed by atoms with Crippen LogP contribution in [0.15, 0.2) is 117 Å².